The molecule has 0 spiro atoms. The molecule has 5 atom stereocenters. The number of carboxylic acids is 1. The van der Waals surface area contributed by atoms with E-state index in [0.717, 1.165) is 19.3 Å². The lowest BCUT2D eigenvalue weighted by molar-refractivity contribution is -0.294. The Morgan fingerprint density at radius 2 is 1.48 bits per heavy atom. The number of aliphatic hydroxyl groups is 3. The number of carbonyl (C=O) groups is 1. The molecule has 0 aromatic rings. The predicted molar refractivity (Wildman–Crippen MR) is 82.9 cm³/mol. The molecule has 1 heterocycles. The van der Waals surface area contributed by atoms with Gasteiger partial charge in [0.15, 0.2) is 12.4 Å². The third-order valence-electron chi connectivity index (χ3n) is 4.09. The summed E-state index contributed by atoms with van der Waals surface area (Å²) in [5, 5.41) is 37.9. The zero-order valence-corrected chi connectivity index (χ0v) is 13.8. The molecule has 0 aromatic carbocycles. The molecule has 1 fully saturated rings. The number of carboxylic acid groups (broad SMARTS) is 1. The van der Waals surface area contributed by atoms with Crippen molar-refractivity contribution in [2.45, 2.75) is 89.0 Å². The Balaban J connectivity index is 2.19. The quantitative estimate of drug-likeness (QED) is 0.417. The van der Waals surface area contributed by atoms with Crippen molar-refractivity contribution in [3.63, 3.8) is 0 Å². The van der Waals surface area contributed by atoms with E-state index in [9.17, 15) is 20.1 Å². The second-order valence-electron chi connectivity index (χ2n) is 6.08. The summed E-state index contributed by atoms with van der Waals surface area (Å²) < 4.78 is 10.4. The van der Waals surface area contributed by atoms with Crippen LogP contribution in [0.25, 0.3) is 0 Å². The Morgan fingerprint density at radius 3 is 2.04 bits per heavy atom. The first-order chi connectivity index (χ1) is 11.0. The fourth-order valence-electron chi connectivity index (χ4n) is 2.63. The fraction of sp³-hybridized carbons (Fsp3) is 0.938. The largest absolute Gasteiger partial charge is 0.479 e. The molecule has 0 amide bonds. The molecule has 1 aliphatic rings. The molecule has 7 heteroatoms. The van der Waals surface area contributed by atoms with Gasteiger partial charge in [-0.2, -0.15) is 0 Å². The summed E-state index contributed by atoms with van der Waals surface area (Å²) in [5.41, 5.74) is 0. The van der Waals surface area contributed by atoms with Gasteiger partial charge in [-0.3, -0.25) is 0 Å². The van der Waals surface area contributed by atoms with Gasteiger partial charge in [0, 0.05) is 6.61 Å². The van der Waals surface area contributed by atoms with Crippen molar-refractivity contribution in [3.05, 3.63) is 0 Å². The van der Waals surface area contributed by atoms with Gasteiger partial charge in [-0.25, -0.2) is 4.79 Å². The van der Waals surface area contributed by atoms with Gasteiger partial charge in [0.05, 0.1) is 0 Å². The number of hydrogen-bond acceptors (Lipinski definition) is 6. The molecular formula is C16H30O7. The van der Waals surface area contributed by atoms with Gasteiger partial charge in [-0.1, -0.05) is 51.9 Å². The Kier molecular flexibility index (Phi) is 9.66. The highest BCUT2D eigenvalue weighted by Crippen LogP contribution is 2.22. The van der Waals surface area contributed by atoms with Gasteiger partial charge < -0.3 is 29.9 Å². The van der Waals surface area contributed by atoms with Crippen LogP contribution in [0.1, 0.15) is 58.3 Å². The molecule has 23 heavy (non-hydrogen) atoms. The van der Waals surface area contributed by atoms with E-state index in [1.54, 1.807) is 0 Å². The summed E-state index contributed by atoms with van der Waals surface area (Å²) in [7, 11) is 0. The number of ether oxygens (including phenoxy) is 2. The number of unbranched alkanes of at least 4 members (excludes halogenated alkanes) is 7. The van der Waals surface area contributed by atoms with Crippen LogP contribution < -0.4 is 0 Å². The number of hydrogen-bond donors (Lipinski definition) is 4. The molecule has 0 aliphatic carbocycles. The topological polar surface area (TPSA) is 116 Å². The number of aliphatic carboxylic acids is 1. The van der Waals surface area contributed by atoms with Gasteiger partial charge in [-0.15, -0.1) is 0 Å². The van der Waals surface area contributed by atoms with Gasteiger partial charge >= 0.3 is 5.97 Å². The number of rotatable bonds is 11. The van der Waals surface area contributed by atoms with Crippen LogP contribution in [0.4, 0.5) is 0 Å². The highest BCUT2D eigenvalue weighted by molar-refractivity contribution is 5.73. The highest BCUT2D eigenvalue weighted by Gasteiger charge is 2.47. The smallest absolute Gasteiger partial charge is 0.335 e. The standard InChI is InChI=1S/C16H30O7/c1-2-3-4-5-6-7-8-9-10-22-16-13(19)11(17)12(18)14(23-16)15(20)21/h11-14,16-19H,2-10H2,1H3,(H,20,21). The zero-order chi connectivity index (χ0) is 17.2. The average molecular weight is 334 g/mol. The zero-order valence-electron chi connectivity index (χ0n) is 13.8. The molecule has 136 valence electrons. The lowest BCUT2D eigenvalue weighted by Crippen LogP contribution is -2.60. The molecule has 4 N–H and O–H groups in total. The Bertz CT molecular complexity index is 336. The highest BCUT2D eigenvalue weighted by atomic mass is 16.7. The molecule has 1 rings (SSSR count). The summed E-state index contributed by atoms with van der Waals surface area (Å²) in [5.74, 6) is -1.40. The lowest BCUT2D eigenvalue weighted by atomic mass is 9.99. The van der Waals surface area contributed by atoms with Crippen molar-refractivity contribution in [1.29, 1.82) is 0 Å². The van der Waals surface area contributed by atoms with Gasteiger partial charge in [-0.05, 0) is 6.42 Å². The molecule has 1 aliphatic heterocycles. The lowest BCUT2D eigenvalue weighted by Gasteiger charge is -2.38. The molecule has 5 unspecified atom stereocenters. The molecular weight excluding hydrogens is 304 g/mol. The minimum Gasteiger partial charge on any atom is -0.479 e. The van der Waals surface area contributed by atoms with Crippen molar-refractivity contribution in [2.24, 2.45) is 0 Å². The third-order valence-corrected chi connectivity index (χ3v) is 4.09. The maximum atomic E-state index is 11.0. The van der Waals surface area contributed by atoms with Crippen LogP contribution in [0, 0.1) is 0 Å². The van der Waals surface area contributed by atoms with Crippen LogP contribution in [-0.2, 0) is 14.3 Å². The van der Waals surface area contributed by atoms with E-state index in [1.165, 1.54) is 32.1 Å². The second kappa shape index (κ2) is 10.9. The van der Waals surface area contributed by atoms with Crippen molar-refractivity contribution >= 4 is 5.97 Å². The summed E-state index contributed by atoms with van der Waals surface area (Å²) in [6, 6.07) is 0. The third kappa shape index (κ3) is 6.73. The molecule has 1 saturated heterocycles. The summed E-state index contributed by atoms with van der Waals surface area (Å²) in [4.78, 5) is 11.0. The SMILES string of the molecule is CCCCCCCCCCOC1OC(C(=O)O)C(O)C(O)C1O. The van der Waals surface area contributed by atoms with Crippen LogP contribution in [0.5, 0.6) is 0 Å². The van der Waals surface area contributed by atoms with Crippen LogP contribution in [0.15, 0.2) is 0 Å². The Hall–Kier alpha value is -0.730. The second-order valence-corrected chi connectivity index (χ2v) is 6.08. The van der Waals surface area contributed by atoms with Crippen LogP contribution >= 0.6 is 0 Å². The van der Waals surface area contributed by atoms with Crippen LogP contribution in [-0.4, -0.2) is 63.7 Å². The van der Waals surface area contributed by atoms with Crippen molar-refractivity contribution in [1.82, 2.24) is 0 Å². The maximum Gasteiger partial charge on any atom is 0.335 e. The van der Waals surface area contributed by atoms with E-state index in [-0.39, 0.29) is 0 Å². The van der Waals surface area contributed by atoms with E-state index < -0.39 is 36.7 Å². The predicted octanol–water partition coefficient (Wildman–Crippen LogP) is 1.04. The van der Waals surface area contributed by atoms with Gasteiger partial charge in [0.1, 0.15) is 18.3 Å². The number of aliphatic hydroxyl groups excluding tert-OH is 3. The van der Waals surface area contributed by atoms with Gasteiger partial charge in [0.25, 0.3) is 0 Å². The maximum absolute atomic E-state index is 11.0. The summed E-state index contributed by atoms with van der Waals surface area (Å²) in [6.07, 6.45) is 1.50. The average Bonchev–Trinajstić information content (AvgIpc) is 2.52. The summed E-state index contributed by atoms with van der Waals surface area (Å²) >= 11 is 0. The Labute approximate surface area is 137 Å². The monoisotopic (exact) mass is 334 g/mol. The molecule has 0 saturated carbocycles. The van der Waals surface area contributed by atoms with E-state index in [2.05, 4.69) is 6.92 Å². The molecule has 0 aromatic heterocycles. The van der Waals surface area contributed by atoms with E-state index in [4.69, 9.17) is 14.6 Å². The van der Waals surface area contributed by atoms with Gasteiger partial charge in [0.2, 0.25) is 0 Å². The molecule has 0 radical (unpaired) electrons. The summed E-state index contributed by atoms with van der Waals surface area (Å²) in [6.45, 7) is 2.50. The van der Waals surface area contributed by atoms with Crippen LogP contribution in [0.3, 0.4) is 0 Å². The molecule has 7 nitrogen and oxygen atoms in total. The van der Waals surface area contributed by atoms with Crippen molar-refractivity contribution < 1.29 is 34.7 Å². The first-order valence-corrected chi connectivity index (χ1v) is 8.53. The minimum atomic E-state index is -1.68. The van der Waals surface area contributed by atoms with E-state index >= 15 is 0 Å². The van der Waals surface area contributed by atoms with Crippen molar-refractivity contribution in [3.8, 4) is 0 Å². The van der Waals surface area contributed by atoms with E-state index in [1.807, 2.05) is 0 Å². The molecule has 0 bridgehead atoms. The fourth-order valence-corrected chi connectivity index (χ4v) is 2.63. The first kappa shape index (κ1) is 20.3. The minimum absolute atomic E-state index is 0.311. The first-order valence-electron chi connectivity index (χ1n) is 8.53. The normalized spacial score (nSPS) is 31.2. The Morgan fingerprint density at radius 1 is 0.913 bits per heavy atom. The van der Waals surface area contributed by atoms with E-state index in [0.29, 0.717) is 6.61 Å². The van der Waals surface area contributed by atoms with Crippen LogP contribution in [0.2, 0.25) is 0 Å². The van der Waals surface area contributed by atoms with Crippen molar-refractivity contribution in [2.75, 3.05) is 6.61 Å².